The summed E-state index contributed by atoms with van der Waals surface area (Å²) in [6.07, 6.45) is 10.9. The second kappa shape index (κ2) is 5.88. The molecule has 21 heavy (non-hydrogen) atoms. The number of anilines is 1. The van der Waals surface area contributed by atoms with Crippen molar-refractivity contribution in [2.45, 2.75) is 82.8 Å². The van der Waals surface area contributed by atoms with Crippen molar-refractivity contribution < 1.29 is 0 Å². The first kappa shape index (κ1) is 14.0. The van der Waals surface area contributed by atoms with Gasteiger partial charge in [-0.2, -0.15) is 0 Å². The molecule has 0 spiro atoms. The summed E-state index contributed by atoms with van der Waals surface area (Å²) in [5.74, 6) is 0.772. The molecule has 1 aromatic rings. The fourth-order valence-electron chi connectivity index (χ4n) is 3.36. The summed E-state index contributed by atoms with van der Waals surface area (Å²) < 4.78 is 0. The summed E-state index contributed by atoms with van der Waals surface area (Å²) in [4.78, 5) is 9.20. The lowest BCUT2D eigenvalue weighted by Crippen LogP contribution is -2.32. The van der Waals surface area contributed by atoms with E-state index in [2.05, 4.69) is 17.1 Å². The molecule has 0 aromatic carbocycles. The smallest absolute Gasteiger partial charge is 0.186 e. The minimum atomic E-state index is 0.662. The molecule has 2 aliphatic carbocycles. The van der Waals surface area contributed by atoms with Gasteiger partial charge in [0.05, 0.1) is 5.69 Å². The van der Waals surface area contributed by atoms with Gasteiger partial charge >= 0.3 is 0 Å². The van der Waals surface area contributed by atoms with Crippen LogP contribution in [-0.2, 0) is 6.54 Å². The topological polar surface area (TPSA) is 28.2 Å². The Bertz CT molecular complexity index is 490. The fraction of sp³-hybridized carbons (Fsp3) is 0.824. The monoisotopic (exact) mass is 305 g/mol. The summed E-state index contributed by atoms with van der Waals surface area (Å²) >= 11 is 1.97. The van der Waals surface area contributed by atoms with Gasteiger partial charge in [-0.3, -0.25) is 0 Å². The van der Waals surface area contributed by atoms with Crippen molar-refractivity contribution >= 4 is 16.5 Å². The third kappa shape index (κ3) is 3.26. The number of aromatic nitrogens is 1. The second-order valence-corrected chi connectivity index (χ2v) is 8.19. The van der Waals surface area contributed by atoms with Crippen molar-refractivity contribution in [3.8, 4) is 0 Å². The van der Waals surface area contributed by atoms with E-state index in [-0.39, 0.29) is 0 Å². The van der Waals surface area contributed by atoms with E-state index in [1.807, 2.05) is 11.3 Å². The molecule has 3 nitrogen and oxygen atoms in total. The number of hydrogen-bond donors (Lipinski definition) is 1. The average molecular weight is 305 g/mol. The Kier molecular flexibility index (Phi) is 3.92. The van der Waals surface area contributed by atoms with E-state index in [1.165, 1.54) is 73.6 Å². The largest absolute Gasteiger partial charge is 0.345 e. The number of rotatable bonds is 5. The van der Waals surface area contributed by atoms with Crippen molar-refractivity contribution in [1.82, 2.24) is 10.3 Å². The molecule has 2 saturated carbocycles. The molecule has 116 valence electrons. The van der Waals surface area contributed by atoms with Gasteiger partial charge in [-0.15, -0.1) is 11.3 Å². The highest BCUT2D eigenvalue weighted by molar-refractivity contribution is 7.15. The standard InChI is InChI=1S/C17H27N3S/c1-12-5-3-2-4-10-20(12)17-19-16(13-6-7-13)15(21-17)11-18-14-8-9-14/h12-14,18H,2-11H2,1H3. The van der Waals surface area contributed by atoms with Crippen LogP contribution >= 0.6 is 11.3 Å². The van der Waals surface area contributed by atoms with Crippen LogP contribution in [0.4, 0.5) is 5.13 Å². The maximum Gasteiger partial charge on any atom is 0.186 e. The molecule has 2 heterocycles. The van der Waals surface area contributed by atoms with Crippen molar-refractivity contribution in [2.24, 2.45) is 0 Å². The molecule has 1 atom stereocenters. The number of nitrogens with one attached hydrogen (secondary N) is 1. The minimum absolute atomic E-state index is 0.662. The highest BCUT2D eigenvalue weighted by atomic mass is 32.1. The van der Waals surface area contributed by atoms with Gasteiger partial charge in [0.15, 0.2) is 5.13 Å². The zero-order valence-electron chi connectivity index (χ0n) is 13.1. The molecule has 3 aliphatic rings. The van der Waals surface area contributed by atoms with E-state index in [9.17, 15) is 0 Å². The molecule has 0 amide bonds. The first-order chi connectivity index (χ1) is 10.3. The Hall–Kier alpha value is -0.610. The SMILES string of the molecule is CC1CCCCCN1c1nc(C2CC2)c(CNC2CC2)s1. The van der Waals surface area contributed by atoms with Gasteiger partial charge in [0.1, 0.15) is 0 Å². The second-order valence-electron chi connectivity index (χ2n) is 7.13. The van der Waals surface area contributed by atoms with Gasteiger partial charge in [0, 0.05) is 36.0 Å². The highest BCUT2D eigenvalue weighted by Crippen LogP contribution is 2.44. The number of hydrogen-bond acceptors (Lipinski definition) is 4. The molecule has 1 unspecified atom stereocenters. The summed E-state index contributed by atoms with van der Waals surface area (Å²) in [5.41, 5.74) is 1.43. The van der Waals surface area contributed by atoms with Crippen LogP contribution in [0.25, 0.3) is 0 Å². The van der Waals surface area contributed by atoms with Crippen LogP contribution in [0.2, 0.25) is 0 Å². The Morgan fingerprint density at radius 1 is 1.14 bits per heavy atom. The van der Waals surface area contributed by atoms with Gasteiger partial charge in [-0.05, 0) is 45.4 Å². The van der Waals surface area contributed by atoms with Crippen molar-refractivity contribution in [1.29, 1.82) is 0 Å². The summed E-state index contributed by atoms with van der Waals surface area (Å²) in [6.45, 7) is 4.64. The van der Waals surface area contributed by atoms with E-state index < -0.39 is 0 Å². The molecule has 4 rings (SSSR count). The molecule has 1 N–H and O–H groups in total. The van der Waals surface area contributed by atoms with Gasteiger partial charge in [-0.25, -0.2) is 4.98 Å². The van der Waals surface area contributed by atoms with E-state index in [1.54, 1.807) is 0 Å². The summed E-state index contributed by atoms with van der Waals surface area (Å²) in [7, 11) is 0. The van der Waals surface area contributed by atoms with E-state index in [0.717, 1.165) is 18.5 Å². The Balaban J connectivity index is 1.54. The molecule has 1 aliphatic heterocycles. The third-order valence-corrected chi connectivity index (χ3v) is 6.22. The van der Waals surface area contributed by atoms with E-state index in [0.29, 0.717) is 6.04 Å². The molecule has 4 heteroatoms. The van der Waals surface area contributed by atoms with Gasteiger partial charge in [-0.1, -0.05) is 12.8 Å². The number of thiazole rings is 1. The first-order valence-electron chi connectivity index (χ1n) is 8.81. The quantitative estimate of drug-likeness (QED) is 0.890. The molecule has 0 radical (unpaired) electrons. The first-order valence-corrected chi connectivity index (χ1v) is 9.62. The summed E-state index contributed by atoms with van der Waals surface area (Å²) in [6, 6.07) is 1.45. The van der Waals surface area contributed by atoms with Crippen LogP contribution in [-0.4, -0.2) is 23.6 Å². The number of nitrogens with zero attached hydrogens (tertiary/aromatic N) is 2. The van der Waals surface area contributed by atoms with Gasteiger partial charge in [0.25, 0.3) is 0 Å². The Labute approximate surface area is 132 Å². The molecule has 0 bridgehead atoms. The average Bonchev–Trinajstić information content (AvgIpc) is 3.36. The molecule has 1 aromatic heterocycles. The highest BCUT2D eigenvalue weighted by Gasteiger charge is 2.32. The fourth-order valence-corrected chi connectivity index (χ4v) is 4.58. The zero-order valence-corrected chi connectivity index (χ0v) is 13.9. The molecular weight excluding hydrogens is 278 g/mol. The van der Waals surface area contributed by atoms with Gasteiger partial charge in [0.2, 0.25) is 0 Å². The van der Waals surface area contributed by atoms with Crippen LogP contribution in [0.15, 0.2) is 0 Å². The predicted octanol–water partition coefficient (Wildman–Crippen LogP) is 4.04. The maximum absolute atomic E-state index is 5.09. The lowest BCUT2D eigenvalue weighted by molar-refractivity contribution is 0.614. The van der Waals surface area contributed by atoms with E-state index in [4.69, 9.17) is 4.98 Å². The summed E-state index contributed by atoms with van der Waals surface area (Å²) in [5, 5.41) is 4.99. The lowest BCUT2D eigenvalue weighted by atomic mass is 10.1. The van der Waals surface area contributed by atoms with Crippen molar-refractivity contribution in [2.75, 3.05) is 11.4 Å². The van der Waals surface area contributed by atoms with Crippen LogP contribution in [0, 0.1) is 0 Å². The minimum Gasteiger partial charge on any atom is -0.345 e. The zero-order chi connectivity index (χ0) is 14.2. The van der Waals surface area contributed by atoms with Crippen LogP contribution in [0.5, 0.6) is 0 Å². The molecular formula is C17H27N3S. The van der Waals surface area contributed by atoms with E-state index >= 15 is 0 Å². The Morgan fingerprint density at radius 2 is 2.00 bits per heavy atom. The van der Waals surface area contributed by atoms with Gasteiger partial charge < -0.3 is 10.2 Å². The molecule has 3 fully saturated rings. The van der Waals surface area contributed by atoms with Crippen LogP contribution in [0.3, 0.4) is 0 Å². The molecule has 1 saturated heterocycles. The predicted molar refractivity (Wildman–Crippen MR) is 89.2 cm³/mol. The Morgan fingerprint density at radius 3 is 2.76 bits per heavy atom. The van der Waals surface area contributed by atoms with Crippen molar-refractivity contribution in [3.05, 3.63) is 10.6 Å². The van der Waals surface area contributed by atoms with Crippen LogP contribution < -0.4 is 10.2 Å². The van der Waals surface area contributed by atoms with Crippen molar-refractivity contribution in [3.63, 3.8) is 0 Å². The third-order valence-electron chi connectivity index (χ3n) is 5.11. The van der Waals surface area contributed by atoms with Crippen LogP contribution in [0.1, 0.15) is 74.8 Å². The maximum atomic E-state index is 5.09. The lowest BCUT2D eigenvalue weighted by Gasteiger charge is -2.26. The normalized spacial score (nSPS) is 26.9.